The summed E-state index contributed by atoms with van der Waals surface area (Å²) in [5.41, 5.74) is 0.208. The normalized spacial score (nSPS) is 19.2. The fraction of sp³-hybridized carbons (Fsp3) is 0.545. The van der Waals surface area contributed by atoms with Crippen molar-refractivity contribution >= 4 is 17.7 Å². The number of amides is 3. The largest absolute Gasteiger partial charge is 0.320 e. The van der Waals surface area contributed by atoms with Crippen LogP contribution in [-0.2, 0) is 14.4 Å². The summed E-state index contributed by atoms with van der Waals surface area (Å²) in [5, 5.41) is 2.49. The molecule has 0 aromatic rings. The van der Waals surface area contributed by atoms with Gasteiger partial charge >= 0.3 is 0 Å². The second kappa shape index (κ2) is 4.92. The molecule has 88 valence electrons. The van der Waals surface area contributed by atoms with Crippen LogP contribution in [0.2, 0.25) is 0 Å². The SMILES string of the molecule is CC(=O)N1CC(=O)N/C(=C/CC(C)C)C1=O. The van der Waals surface area contributed by atoms with Crippen molar-refractivity contribution < 1.29 is 14.4 Å². The van der Waals surface area contributed by atoms with E-state index < -0.39 is 11.8 Å². The lowest BCUT2D eigenvalue weighted by Gasteiger charge is -2.25. The van der Waals surface area contributed by atoms with Crippen molar-refractivity contribution in [2.45, 2.75) is 27.2 Å². The molecular formula is C11H16N2O3. The van der Waals surface area contributed by atoms with Crippen molar-refractivity contribution in [2.75, 3.05) is 6.54 Å². The van der Waals surface area contributed by atoms with E-state index in [0.717, 1.165) is 4.90 Å². The van der Waals surface area contributed by atoms with Gasteiger partial charge in [-0.1, -0.05) is 19.9 Å². The van der Waals surface area contributed by atoms with Gasteiger partial charge in [-0.05, 0) is 12.3 Å². The van der Waals surface area contributed by atoms with E-state index in [1.54, 1.807) is 6.08 Å². The summed E-state index contributed by atoms with van der Waals surface area (Å²) in [6.45, 7) is 5.10. The lowest BCUT2D eigenvalue weighted by Crippen LogP contribution is -2.51. The van der Waals surface area contributed by atoms with Crippen LogP contribution in [0.25, 0.3) is 0 Å². The summed E-state index contributed by atoms with van der Waals surface area (Å²) in [6, 6.07) is 0. The molecule has 0 radical (unpaired) electrons. The topological polar surface area (TPSA) is 66.5 Å². The highest BCUT2D eigenvalue weighted by Crippen LogP contribution is 2.09. The minimum absolute atomic E-state index is 0.187. The first kappa shape index (κ1) is 12.4. The van der Waals surface area contributed by atoms with Crippen molar-refractivity contribution in [2.24, 2.45) is 5.92 Å². The molecule has 0 unspecified atom stereocenters. The van der Waals surface area contributed by atoms with Gasteiger partial charge < -0.3 is 5.32 Å². The second-order valence-corrected chi connectivity index (χ2v) is 4.21. The monoisotopic (exact) mass is 224 g/mol. The molecule has 0 aromatic carbocycles. The van der Waals surface area contributed by atoms with E-state index in [0.29, 0.717) is 12.3 Å². The van der Waals surface area contributed by atoms with Gasteiger partial charge in [-0.2, -0.15) is 0 Å². The predicted molar refractivity (Wildman–Crippen MR) is 58.1 cm³/mol. The van der Waals surface area contributed by atoms with E-state index in [4.69, 9.17) is 0 Å². The molecule has 3 amide bonds. The highest BCUT2D eigenvalue weighted by Gasteiger charge is 2.30. The Kier molecular flexibility index (Phi) is 3.82. The Bertz CT molecular complexity index is 358. The van der Waals surface area contributed by atoms with Crippen molar-refractivity contribution in [1.82, 2.24) is 10.2 Å². The van der Waals surface area contributed by atoms with Crippen molar-refractivity contribution in [1.29, 1.82) is 0 Å². The zero-order chi connectivity index (χ0) is 12.3. The molecule has 0 spiro atoms. The Labute approximate surface area is 94.5 Å². The summed E-state index contributed by atoms with van der Waals surface area (Å²) in [5.74, 6) is -0.766. The summed E-state index contributed by atoms with van der Waals surface area (Å²) >= 11 is 0. The number of nitrogens with zero attached hydrogens (tertiary/aromatic N) is 1. The molecule has 5 heteroatoms. The fourth-order valence-corrected chi connectivity index (χ4v) is 1.35. The Morgan fingerprint density at radius 3 is 2.62 bits per heavy atom. The van der Waals surface area contributed by atoms with Crippen LogP contribution in [0.5, 0.6) is 0 Å². The van der Waals surface area contributed by atoms with Crippen LogP contribution < -0.4 is 5.32 Å². The van der Waals surface area contributed by atoms with Crippen LogP contribution >= 0.6 is 0 Å². The average Bonchev–Trinajstić information content (AvgIpc) is 2.18. The Morgan fingerprint density at radius 2 is 2.12 bits per heavy atom. The third-order valence-corrected chi connectivity index (χ3v) is 2.22. The van der Waals surface area contributed by atoms with Gasteiger partial charge in [0.1, 0.15) is 12.2 Å². The van der Waals surface area contributed by atoms with Crippen molar-refractivity contribution in [3.05, 3.63) is 11.8 Å². The van der Waals surface area contributed by atoms with Gasteiger partial charge in [0.05, 0.1) is 0 Å². The maximum absolute atomic E-state index is 11.7. The number of imide groups is 1. The molecule has 0 aliphatic carbocycles. The molecule has 0 bridgehead atoms. The number of hydrogen-bond acceptors (Lipinski definition) is 3. The number of piperazine rings is 1. The standard InChI is InChI=1S/C11H16N2O3/c1-7(2)4-5-9-11(16)13(8(3)14)6-10(15)12-9/h5,7H,4,6H2,1-3H3,(H,12,15)/b9-5+. The maximum Gasteiger partial charge on any atom is 0.277 e. The predicted octanol–water partition coefficient (Wildman–Crippen LogP) is 0.421. The van der Waals surface area contributed by atoms with Crippen LogP contribution in [-0.4, -0.2) is 29.2 Å². The first-order valence-electron chi connectivity index (χ1n) is 5.24. The number of carbonyl (C=O) groups excluding carboxylic acids is 3. The Balaban J connectivity index is 2.85. The summed E-state index contributed by atoms with van der Waals surface area (Å²) in [7, 11) is 0. The third-order valence-electron chi connectivity index (χ3n) is 2.22. The summed E-state index contributed by atoms with van der Waals surface area (Å²) < 4.78 is 0. The molecule has 0 atom stereocenters. The fourth-order valence-electron chi connectivity index (χ4n) is 1.35. The van der Waals surface area contributed by atoms with Gasteiger partial charge in [0.2, 0.25) is 11.8 Å². The first-order valence-corrected chi connectivity index (χ1v) is 5.24. The quantitative estimate of drug-likeness (QED) is 0.691. The molecule has 0 aromatic heterocycles. The third kappa shape index (κ3) is 2.92. The van der Waals surface area contributed by atoms with Crippen LogP contribution in [0.1, 0.15) is 27.2 Å². The molecule has 1 aliphatic heterocycles. The molecule has 1 rings (SSSR count). The van der Waals surface area contributed by atoms with Crippen LogP contribution in [0.15, 0.2) is 11.8 Å². The van der Waals surface area contributed by atoms with Gasteiger partial charge in [0.25, 0.3) is 5.91 Å². The molecule has 0 saturated carbocycles. The number of carbonyl (C=O) groups is 3. The molecule has 5 nitrogen and oxygen atoms in total. The molecular weight excluding hydrogens is 208 g/mol. The lowest BCUT2D eigenvalue weighted by molar-refractivity contribution is -0.147. The summed E-state index contributed by atoms with van der Waals surface area (Å²) in [4.78, 5) is 35.1. The van der Waals surface area contributed by atoms with Crippen LogP contribution in [0.3, 0.4) is 0 Å². The molecule has 1 fully saturated rings. The van der Waals surface area contributed by atoms with Crippen molar-refractivity contribution in [3.63, 3.8) is 0 Å². The van der Waals surface area contributed by atoms with Gasteiger partial charge in [0, 0.05) is 6.92 Å². The van der Waals surface area contributed by atoms with E-state index in [-0.39, 0.29) is 18.1 Å². The molecule has 1 saturated heterocycles. The highest BCUT2D eigenvalue weighted by atomic mass is 16.2. The smallest absolute Gasteiger partial charge is 0.277 e. The van der Waals surface area contributed by atoms with Crippen LogP contribution in [0, 0.1) is 5.92 Å². The zero-order valence-corrected chi connectivity index (χ0v) is 9.74. The Morgan fingerprint density at radius 1 is 1.50 bits per heavy atom. The van der Waals surface area contributed by atoms with E-state index in [1.165, 1.54) is 6.92 Å². The summed E-state index contributed by atoms with van der Waals surface area (Å²) in [6.07, 6.45) is 2.35. The zero-order valence-electron chi connectivity index (χ0n) is 9.74. The minimum atomic E-state index is -0.423. The molecule has 16 heavy (non-hydrogen) atoms. The molecule has 1 heterocycles. The van der Waals surface area contributed by atoms with E-state index in [2.05, 4.69) is 5.32 Å². The number of rotatable bonds is 2. The highest BCUT2D eigenvalue weighted by molar-refractivity contribution is 6.10. The number of nitrogens with one attached hydrogen (secondary N) is 1. The number of allylic oxidation sites excluding steroid dienone is 1. The lowest BCUT2D eigenvalue weighted by atomic mass is 10.1. The molecule has 1 N–H and O–H groups in total. The van der Waals surface area contributed by atoms with Gasteiger partial charge in [-0.15, -0.1) is 0 Å². The van der Waals surface area contributed by atoms with Gasteiger partial charge in [0.15, 0.2) is 0 Å². The van der Waals surface area contributed by atoms with E-state index >= 15 is 0 Å². The van der Waals surface area contributed by atoms with Crippen LogP contribution in [0.4, 0.5) is 0 Å². The van der Waals surface area contributed by atoms with E-state index in [9.17, 15) is 14.4 Å². The van der Waals surface area contributed by atoms with Gasteiger partial charge in [-0.25, -0.2) is 0 Å². The van der Waals surface area contributed by atoms with E-state index in [1.807, 2.05) is 13.8 Å². The maximum atomic E-state index is 11.7. The second-order valence-electron chi connectivity index (χ2n) is 4.21. The first-order chi connectivity index (χ1) is 7.41. The minimum Gasteiger partial charge on any atom is -0.320 e. The Hall–Kier alpha value is -1.65. The van der Waals surface area contributed by atoms with Crippen molar-refractivity contribution in [3.8, 4) is 0 Å². The number of hydrogen-bond donors (Lipinski definition) is 1. The molecule has 1 aliphatic rings. The average molecular weight is 224 g/mol. The van der Waals surface area contributed by atoms with Gasteiger partial charge in [-0.3, -0.25) is 19.3 Å².